The fourth-order valence-corrected chi connectivity index (χ4v) is 4.84. The molecule has 1 aliphatic rings. The Labute approximate surface area is 243 Å². The Balaban J connectivity index is 1.58. The molecule has 0 atom stereocenters. The van der Waals surface area contributed by atoms with E-state index in [0.717, 1.165) is 0 Å². The lowest BCUT2D eigenvalue weighted by Crippen LogP contribution is -2.54. The molecule has 38 heavy (non-hydrogen) atoms. The van der Waals surface area contributed by atoms with Crippen molar-refractivity contribution < 1.29 is 23.9 Å². The standard InChI is InChI=1S/C27H21ClIN3O5S/c1-2-36-22-14-16(12-18-25(34)31-27(38)32(26(18)35)17-8-4-3-5-9-17)13-20(29)24(22)37-15-23(33)30-21-11-7-6-10-19(21)28/h3-14H,2,15H2,1H3,(H,30,33)(H,31,34,38)/b18-12-. The number of benzene rings is 3. The predicted octanol–water partition coefficient (Wildman–Crippen LogP) is 5.19. The Kier molecular flexibility index (Phi) is 8.97. The first-order valence-electron chi connectivity index (χ1n) is 11.4. The Morgan fingerprint density at radius 1 is 1.11 bits per heavy atom. The van der Waals surface area contributed by atoms with Crippen LogP contribution in [0.2, 0.25) is 5.02 Å². The van der Waals surface area contributed by atoms with Crippen LogP contribution in [0, 0.1) is 3.57 Å². The molecule has 194 valence electrons. The van der Waals surface area contributed by atoms with Gasteiger partial charge in [0.15, 0.2) is 23.2 Å². The topological polar surface area (TPSA) is 97.0 Å². The second-order valence-electron chi connectivity index (χ2n) is 7.87. The molecule has 3 aromatic rings. The Hall–Kier alpha value is -3.48. The Morgan fingerprint density at radius 3 is 2.53 bits per heavy atom. The van der Waals surface area contributed by atoms with Gasteiger partial charge in [-0.15, -0.1) is 0 Å². The van der Waals surface area contributed by atoms with Crippen molar-refractivity contribution in [3.63, 3.8) is 0 Å². The molecule has 1 saturated heterocycles. The van der Waals surface area contributed by atoms with Crippen LogP contribution in [0.4, 0.5) is 11.4 Å². The second kappa shape index (κ2) is 12.4. The average Bonchev–Trinajstić information content (AvgIpc) is 2.88. The van der Waals surface area contributed by atoms with Gasteiger partial charge in [0, 0.05) is 0 Å². The van der Waals surface area contributed by atoms with Crippen molar-refractivity contribution in [1.82, 2.24) is 5.32 Å². The van der Waals surface area contributed by atoms with Crippen molar-refractivity contribution >= 4 is 86.7 Å². The molecular formula is C27H21ClIN3O5S. The normalized spacial score (nSPS) is 14.3. The van der Waals surface area contributed by atoms with E-state index in [0.29, 0.717) is 43.6 Å². The lowest BCUT2D eigenvalue weighted by Gasteiger charge is -2.28. The number of nitrogens with zero attached hydrogens (tertiary/aromatic N) is 1. The highest BCUT2D eigenvalue weighted by atomic mass is 127. The molecule has 3 amide bonds. The summed E-state index contributed by atoms with van der Waals surface area (Å²) in [7, 11) is 0. The number of carbonyl (C=O) groups excluding carboxylic acids is 3. The number of hydrogen-bond donors (Lipinski definition) is 2. The highest BCUT2D eigenvalue weighted by molar-refractivity contribution is 14.1. The minimum absolute atomic E-state index is 0.00625. The number of halogens is 2. The van der Waals surface area contributed by atoms with E-state index in [9.17, 15) is 14.4 Å². The number of hydrogen-bond acceptors (Lipinski definition) is 6. The molecule has 2 N–H and O–H groups in total. The number of rotatable bonds is 8. The zero-order valence-corrected chi connectivity index (χ0v) is 23.7. The molecule has 1 aliphatic heterocycles. The first kappa shape index (κ1) is 27.6. The molecule has 0 aromatic heterocycles. The van der Waals surface area contributed by atoms with Crippen LogP contribution in [-0.2, 0) is 14.4 Å². The van der Waals surface area contributed by atoms with Crippen molar-refractivity contribution in [2.75, 3.05) is 23.4 Å². The lowest BCUT2D eigenvalue weighted by atomic mass is 10.1. The van der Waals surface area contributed by atoms with Gasteiger partial charge >= 0.3 is 0 Å². The number of carbonyl (C=O) groups is 3. The van der Waals surface area contributed by atoms with E-state index in [2.05, 4.69) is 10.6 Å². The summed E-state index contributed by atoms with van der Waals surface area (Å²) in [6.45, 7) is 1.85. The first-order valence-corrected chi connectivity index (χ1v) is 13.2. The molecular weight excluding hydrogens is 641 g/mol. The van der Waals surface area contributed by atoms with Crippen LogP contribution in [0.3, 0.4) is 0 Å². The van der Waals surface area contributed by atoms with Crippen LogP contribution < -0.4 is 25.0 Å². The summed E-state index contributed by atoms with van der Waals surface area (Å²) in [6, 6.07) is 19.1. The number of para-hydroxylation sites is 2. The number of ether oxygens (including phenoxy) is 2. The number of thiocarbonyl (C=S) groups is 1. The number of nitrogens with one attached hydrogen (secondary N) is 2. The SMILES string of the molecule is CCOc1cc(/C=C2/C(=O)NC(=S)N(c3ccccc3)C2=O)cc(I)c1OCC(=O)Nc1ccccc1Cl. The molecule has 0 unspecified atom stereocenters. The van der Waals surface area contributed by atoms with E-state index >= 15 is 0 Å². The molecule has 0 radical (unpaired) electrons. The predicted molar refractivity (Wildman–Crippen MR) is 159 cm³/mol. The van der Waals surface area contributed by atoms with Crippen molar-refractivity contribution in [1.29, 1.82) is 0 Å². The molecule has 1 fully saturated rings. The van der Waals surface area contributed by atoms with Gasteiger partial charge < -0.3 is 14.8 Å². The molecule has 4 rings (SSSR count). The van der Waals surface area contributed by atoms with Gasteiger partial charge in [-0.25, -0.2) is 0 Å². The van der Waals surface area contributed by atoms with Gasteiger partial charge in [0.2, 0.25) is 0 Å². The van der Waals surface area contributed by atoms with E-state index < -0.39 is 17.7 Å². The molecule has 0 spiro atoms. The van der Waals surface area contributed by atoms with Crippen LogP contribution in [0.1, 0.15) is 12.5 Å². The zero-order chi connectivity index (χ0) is 27.2. The van der Waals surface area contributed by atoms with Crippen molar-refractivity contribution in [3.05, 3.63) is 86.5 Å². The van der Waals surface area contributed by atoms with Crippen LogP contribution in [0.5, 0.6) is 11.5 Å². The molecule has 0 aliphatic carbocycles. The second-order valence-corrected chi connectivity index (χ2v) is 9.83. The maximum atomic E-state index is 13.3. The molecule has 8 nitrogen and oxygen atoms in total. The van der Waals surface area contributed by atoms with Gasteiger partial charge in [0.05, 0.1) is 26.6 Å². The van der Waals surface area contributed by atoms with E-state index in [1.165, 1.54) is 11.0 Å². The van der Waals surface area contributed by atoms with Gasteiger partial charge in [-0.1, -0.05) is 41.9 Å². The minimum atomic E-state index is -0.600. The quantitative estimate of drug-likeness (QED) is 0.149. The lowest BCUT2D eigenvalue weighted by molar-refractivity contribution is -0.122. The van der Waals surface area contributed by atoms with Crippen LogP contribution in [0.25, 0.3) is 6.08 Å². The molecule has 1 heterocycles. The van der Waals surface area contributed by atoms with Crippen LogP contribution >= 0.6 is 46.4 Å². The summed E-state index contributed by atoms with van der Waals surface area (Å²) < 4.78 is 12.2. The highest BCUT2D eigenvalue weighted by Crippen LogP contribution is 2.35. The third-order valence-electron chi connectivity index (χ3n) is 5.25. The third kappa shape index (κ3) is 6.32. The summed E-state index contributed by atoms with van der Waals surface area (Å²) in [4.78, 5) is 39.7. The maximum Gasteiger partial charge on any atom is 0.270 e. The molecule has 0 saturated carbocycles. The summed E-state index contributed by atoms with van der Waals surface area (Å²) in [5.41, 5.74) is 1.46. The van der Waals surface area contributed by atoms with E-state index in [-0.39, 0.29) is 17.3 Å². The first-order chi connectivity index (χ1) is 18.3. The van der Waals surface area contributed by atoms with Crippen LogP contribution in [0.15, 0.2) is 72.3 Å². The van der Waals surface area contributed by atoms with E-state index in [1.54, 1.807) is 60.7 Å². The van der Waals surface area contributed by atoms with Crippen molar-refractivity contribution in [3.8, 4) is 11.5 Å². The largest absolute Gasteiger partial charge is 0.490 e. The Morgan fingerprint density at radius 2 is 1.82 bits per heavy atom. The summed E-state index contributed by atoms with van der Waals surface area (Å²) in [5, 5.41) is 5.69. The molecule has 11 heteroatoms. The van der Waals surface area contributed by atoms with E-state index in [4.69, 9.17) is 33.3 Å². The summed E-state index contributed by atoms with van der Waals surface area (Å²) in [6.07, 6.45) is 1.47. The number of amides is 3. The van der Waals surface area contributed by atoms with Crippen molar-refractivity contribution in [2.45, 2.75) is 6.92 Å². The molecule has 0 bridgehead atoms. The third-order valence-corrected chi connectivity index (χ3v) is 6.67. The van der Waals surface area contributed by atoms with Gasteiger partial charge in [-0.3, -0.25) is 24.6 Å². The zero-order valence-electron chi connectivity index (χ0n) is 20.0. The molecule has 3 aromatic carbocycles. The monoisotopic (exact) mass is 661 g/mol. The van der Waals surface area contributed by atoms with E-state index in [1.807, 2.05) is 35.6 Å². The van der Waals surface area contributed by atoms with Gasteiger partial charge in [0.1, 0.15) is 5.57 Å². The minimum Gasteiger partial charge on any atom is -0.490 e. The maximum absolute atomic E-state index is 13.3. The van der Waals surface area contributed by atoms with Crippen LogP contribution in [-0.4, -0.2) is 36.0 Å². The summed E-state index contributed by atoms with van der Waals surface area (Å²) >= 11 is 13.4. The van der Waals surface area contributed by atoms with Gasteiger partial charge in [0.25, 0.3) is 17.7 Å². The highest BCUT2D eigenvalue weighted by Gasteiger charge is 2.34. The van der Waals surface area contributed by atoms with Gasteiger partial charge in [-0.05, 0) is 89.8 Å². The smallest absolute Gasteiger partial charge is 0.270 e. The van der Waals surface area contributed by atoms with Gasteiger partial charge in [-0.2, -0.15) is 0 Å². The van der Waals surface area contributed by atoms with Crippen molar-refractivity contribution in [2.24, 2.45) is 0 Å². The summed E-state index contributed by atoms with van der Waals surface area (Å²) in [5.74, 6) is -0.832. The number of anilines is 2. The Bertz CT molecular complexity index is 1450. The fourth-order valence-electron chi connectivity index (χ4n) is 3.60. The fraction of sp³-hybridized carbons (Fsp3) is 0.111. The average molecular weight is 662 g/mol.